The molecule has 2 heterocycles. The van der Waals surface area contributed by atoms with Gasteiger partial charge in [0.25, 0.3) is 0 Å². The van der Waals surface area contributed by atoms with Gasteiger partial charge in [-0.1, -0.05) is 30.3 Å². The Hall–Kier alpha value is -3.27. The summed E-state index contributed by atoms with van der Waals surface area (Å²) in [4.78, 5) is 13.7. The first-order valence-corrected chi connectivity index (χ1v) is 7.67. The molecule has 0 N–H and O–H groups in total. The van der Waals surface area contributed by atoms with Crippen molar-refractivity contribution in [3.63, 3.8) is 0 Å². The lowest BCUT2D eigenvalue weighted by Crippen LogP contribution is -1.93. The van der Waals surface area contributed by atoms with Crippen molar-refractivity contribution in [2.75, 3.05) is 7.11 Å². The molecule has 116 valence electrons. The molecular formula is C20H15N3O. The molecule has 4 aromatic rings. The van der Waals surface area contributed by atoms with Crippen LogP contribution in [0.15, 0.2) is 72.9 Å². The van der Waals surface area contributed by atoms with Crippen LogP contribution in [-0.2, 0) is 0 Å². The molecule has 2 aromatic carbocycles. The summed E-state index contributed by atoms with van der Waals surface area (Å²) >= 11 is 0. The molecule has 0 aliphatic carbocycles. The summed E-state index contributed by atoms with van der Waals surface area (Å²) in [6.07, 6.45) is 1.81. The first-order valence-electron chi connectivity index (χ1n) is 7.67. The van der Waals surface area contributed by atoms with Crippen molar-refractivity contribution >= 4 is 11.0 Å². The monoisotopic (exact) mass is 313 g/mol. The van der Waals surface area contributed by atoms with Gasteiger partial charge < -0.3 is 4.74 Å². The fourth-order valence-electron chi connectivity index (χ4n) is 2.56. The molecule has 4 heteroatoms. The standard InChI is InChI=1S/C20H15N3O/c1-24-17-10-7-14(8-11-17)18-12-9-16-13-21-19(23-20(16)22-18)15-5-3-2-4-6-15/h2-13H,1H3. The zero-order valence-corrected chi connectivity index (χ0v) is 13.2. The maximum absolute atomic E-state index is 5.20. The Morgan fingerprint density at radius 2 is 1.54 bits per heavy atom. The molecule has 4 nitrogen and oxygen atoms in total. The minimum Gasteiger partial charge on any atom is -0.497 e. The van der Waals surface area contributed by atoms with Gasteiger partial charge in [-0.15, -0.1) is 0 Å². The van der Waals surface area contributed by atoms with Gasteiger partial charge in [0.15, 0.2) is 11.5 Å². The first kappa shape index (κ1) is 14.3. The lowest BCUT2D eigenvalue weighted by atomic mass is 10.1. The van der Waals surface area contributed by atoms with E-state index < -0.39 is 0 Å². The van der Waals surface area contributed by atoms with Gasteiger partial charge in [-0.25, -0.2) is 15.0 Å². The highest BCUT2D eigenvalue weighted by atomic mass is 16.5. The van der Waals surface area contributed by atoms with Crippen LogP contribution in [0.5, 0.6) is 5.75 Å². The fourth-order valence-corrected chi connectivity index (χ4v) is 2.56. The molecule has 0 amide bonds. The predicted octanol–water partition coefficient (Wildman–Crippen LogP) is 4.37. The van der Waals surface area contributed by atoms with Gasteiger partial charge in [-0.2, -0.15) is 0 Å². The SMILES string of the molecule is COc1ccc(-c2ccc3cnc(-c4ccccc4)nc3n2)cc1. The highest BCUT2D eigenvalue weighted by Gasteiger charge is 2.06. The van der Waals surface area contributed by atoms with Crippen LogP contribution in [-0.4, -0.2) is 22.1 Å². The number of aromatic nitrogens is 3. The van der Waals surface area contributed by atoms with Crippen LogP contribution in [0.25, 0.3) is 33.7 Å². The number of nitrogens with zero attached hydrogens (tertiary/aromatic N) is 3. The minimum absolute atomic E-state index is 0.683. The Kier molecular flexibility index (Phi) is 3.63. The van der Waals surface area contributed by atoms with E-state index in [1.54, 1.807) is 7.11 Å². The summed E-state index contributed by atoms with van der Waals surface area (Å²) in [5.74, 6) is 1.51. The van der Waals surface area contributed by atoms with Gasteiger partial charge in [0.1, 0.15) is 5.75 Å². The Labute approximate surface area is 139 Å². The average Bonchev–Trinajstić information content (AvgIpc) is 2.68. The maximum Gasteiger partial charge on any atom is 0.163 e. The number of pyridine rings is 1. The molecule has 0 aliphatic heterocycles. The number of hydrogen-bond acceptors (Lipinski definition) is 4. The average molecular weight is 313 g/mol. The van der Waals surface area contributed by atoms with Crippen LogP contribution in [0.2, 0.25) is 0 Å². The summed E-state index contributed by atoms with van der Waals surface area (Å²) in [7, 11) is 1.66. The van der Waals surface area contributed by atoms with Gasteiger partial charge in [0.05, 0.1) is 12.8 Å². The Balaban J connectivity index is 1.78. The quantitative estimate of drug-likeness (QED) is 0.563. The summed E-state index contributed by atoms with van der Waals surface area (Å²) in [5, 5.41) is 0.923. The zero-order valence-electron chi connectivity index (χ0n) is 13.2. The van der Waals surface area contributed by atoms with Gasteiger partial charge in [0, 0.05) is 22.7 Å². The first-order chi connectivity index (χ1) is 11.8. The van der Waals surface area contributed by atoms with E-state index in [0.29, 0.717) is 11.5 Å². The number of methoxy groups -OCH3 is 1. The molecule has 0 saturated carbocycles. The van der Waals surface area contributed by atoms with Crippen LogP contribution in [0.1, 0.15) is 0 Å². The van der Waals surface area contributed by atoms with E-state index >= 15 is 0 Å². The minimum atomic E-state index is 0.683. The van der Waals surface area contributed by atoms with Crippen LogP contribution in [0.4, 0.5) is 0 Å². The molecule has 0 bridgehead atoms. The van der Waals surface area contributed by atoms with Gasteiger partial charge in [-0.05, 0) is 36.4 Å². The molecular weight excluding hydrogens is 298 g/mol. The van der Waals surface area contributed by atoms with E-state index in [1.165, 1.54) is 0 Å². The molecule has 0 unspecified atom stereocenters. The topological polar surface area (TPSA) is 47.9 Å². The van der Waals surface area contributed by atoms with E-state index in [2.05, 4.69) is 9.97 Å². The largest absolute Gasteiger partial charge is 0.497 e. The smallest absolute Gasteiger partial charge is 0.163 e. The molecule has 0 fully saturated rings. The van der Waals surface area contributed by atoms with Crippen LogP contribution < -0.4 is 4.74 Å². The van der Waals surface area contributed by atoms with Gasteiger partial charge in [-0.3, -0.25) is 0 Å². The second-order valence-electron chi connectivity index (χ2n) is 5.40. The van der Waals surface area contributed by atoms with Crippen molar-refractivity contribution in [2.24, 2.45) is 0 Å². The highest BCUT2D eigenvalue weighted by molar-refractivity contribution is 5.79. The van der Waals surface area contributed by atoms with E-state index in [4.69, 9.17) is 9.72 Å². The third kappa shape index (κ3) is 2.70. The van der Waals surface area contributed by atoms with E-state index in [1.807, 2.05) is 72.9 Å². The maximum atomic E-state index is 5.20. The molecule has 0 spiro atoms. The lowest BCUT2D eigenvalue weighted by molar-refractivity contribution is 0.415. The van der Waals surface area contributed by atoms with Gasteiger partial charge in [0.2, 0.25) is 0 Å². The molecule has 24 heavy (non-hydrogen) atoms. The van der Waals surface area contributed by atoms with Crippen molar-refractivity contribution in [3.05, 3.63) is 72.9 Å². The summed E-state index contributed by atoms with van der Waals surface area (Å²) < 4.78 is 5.20. The predicted molar refractivity (Wildman–Crippen MR) is 94.8 cm³/mol. The zero-order chi connectivity index (χ0) is 16.4. The van der Waals surface area contributed by atoms with E-state index in [9.17, 15) is 0 Å². The number of benzene rings is 2. The van der Waals surface area contributed by atoms with Gasteiger partial charge >= 0.3 is 0 Å². The molecule has 0 saturated heterocycles. The summed E-state index contributed by atoms with van der Waals surface area (Å²) in [6.45, 7) is 0. The Bertz CT molecular complexity index is 983. The highest BCUT2D eigenvalue weighted by Crippen LogP contribution is 2.23. The van der Waals surface area contributed by atoms with Crippen LogP contribution in [0, 0.1) is 0 Å². The molecule has 0 radical (unpaired) electrons. The Morgan fingerprint density at radius 3 is 2.29 bits per heavy atom. The fraction of sp³-hybridized carbons (Fsp3) is 0.0500. The van der Waals surface area contributed by atoms with E-state index in [-0.39, 0.29) is 0 Å². The van der Waals surface area contributed by atoms with Crippen molar-refractivity contribution in [3.8, 4) is 28.4 Å². The van der Waals surface area contributed by atoms with Crippen LogP contribution >= 0.6 is 0 Å². The summed E-state index contributed by atoms with van der Waals surface area (Å²) in [5.41, 5.74) is 3.58. The number of fused-ring (bicyclic) bond motifs is 1. The molecule has 0 atom stereocenters. The second-order valence-corrected chi connectivity index (χ2v) is 5.40. The molecule has 2 aromatic heterocycles. The third-order valence-electron chi connectivity index (χ3n) is 3.86. The normalized spacial score (nSPS) is 10.7. The molecule has 4 rings (SSSR count). The lowest BCUT2D eigenvalue weighted by Gasteiger charge is -2.05. The number of ether oxygens (including phenoxy) is 1. The number of hydrogen-bond donors (Lipinski definition) is 0. The van der Waals surface area contributed by atoms with E-state index in [0.717, 1.165) is 28.0 Å². The van der Waals surface area contributed by atoms with Crippen molar-refractivity contribution < 1.29 is 4.74 Å². The van der Waals surface area contributed by atoms with Crippen molar-refractivity contribution in [1.29, 1.82) is 0 Å². The molecule has 0 aliphatic rings. The Morgan fingerprint density at radius 1 is 0.750 bits per heavy atom. The van der Waals surface area contributed by atoms with Crippen molar-refractivity contribution in [1.82, 2.24) is 15.0 Å². The summed E-state index contributed by atoms with van der Waals surface area (Å²) in [6, 6.07) is 21.7. The van der Waals surface area contributed by atoms with Crippen molar-refractivity contribution in [2.45, 2.75) is 0 Å². The second kappa shape index (κ2) is 6.08. The van der Waals surface area contributed by atoms with Crippen LogP contribution in [0.3, 0.4) is 0 Å². The third-order valence-corrected chi connectivity index (χ3v) is 3.86. The number of rotatable bonds is 3.